The van der Waals surface area contributed by atoms with E-state index < -0.39 is 0 Å². The minimum atomic E-state index is 0.128. The van der Waals surface area contributed by atoms with E-state index in [2.05, 4.69) is 10.2 Å². The SMILES string of the molecule is COc1ccc(-c2nnc([C@H]3CCCN(C=O)C3)o2)cc1. The van der Waals surface area contributed by atoms with E-state index in [9.17, 15) is 4.79 Å². The molecule has 21 heavy (non-hydrogen) atoms. The fraction of sp³-hybridized carbons (Fsp3) is 0.400. The summed E-state index contributed by atoms with van der Waals surface area (Å²) in [4.78, 5) is 12.6. The van der Waals surface area contributed by atoms with Gasteiger partial charge in [-0.3, -0.25) is 4.79 Å². The minimum Gasteiger partial charge on any atom is -0.497 e. The van der Waals surface area contributed by atoms with Crippen LogP contribution in [0, 0.1) is 0 Å². The zero-order chi connectivity index (χ0) is 14.7. The van der Waals surface area contributed by atoms with Gasteiger partial charge in [0, 0.05) is 18.7 Å². The first-order valence-electron chi connectivity index (χ1n) is 6.97. The van der Waals surface area contributed by atoms with Crippen LogP contribution in [0.2, 0.25) is 0 Å². The molecule has 1 aromatic carbocycles. The van der Waals surface area contributed by atoms with E-state index in [1.54, 1.807) is 12.0 Å². The van der Waals surface area contributed by atoms with Crippen LogP contribution in [-0.4, -0.2) is 41.7 Å². The van der Waals surface area contributed by atoms with Crippen molar-refractivity contribution in [3.05, 3.63) is 30.2 Å². The van der Waals surface area contributed by atoms with E-state index in [1.807, 2.05) is 24.3 Å². The number of ether oxygens (including phenoxy) is 1. The molecule has 0 unspecified atom stereocenters. The second kappa shape index (κ2) is 5.95. The standard InChI is InChI=1S/C15H17N3O3/c1-20-13-6-4-11(5-7-13)14-16-17-15(21-14)12-3-2-8-18(9-12)10-19/h4-7,10,12H,2-3,8-9H2,1H3/t12-/m0/s1. The summed E-state index contributed by atoms with van der Waals surface area (Å²) in [7, 11) is 1.63. The van der Waals surface area contributed by atoms with E-state index in [4.69, 9.17) is 9.15 Å². The van der Waals surface area contributed by atoms with Gasteiger partial charge in [0.25, 0.3) is 0 Å². The molecule has 0 saturated carbocycles. The number of hydrogen-bond donors (Lipinski definition) is 0. The zero-order valence-corrected chi connectivity index (χ0v) is 11.9. The lowest BCUT2D eigenvalue weighted by Crippen LogP contribution is -2.33. The second-order valence-electron chi connectivity index (χ2n) is 5.11. The summed E-state index contributed by atoms with van der Waals surface area (Å²) >= 11 is 0. The van der Waals surface area contributed by atoms with Gasteiger partial charge in [0.05, 0.1) is 13.0 Å². The summed E-state index contributed by atoms with van der Waals surface area (Å²) in [6, 6.07) is 7.48. The summed E-state index contributed by atoms with van der Waals surface area (Å²) in [5.74, 6) is 2.01. The summed E-state index contributed by atoms with van der Waals surface area (Å²) < 4.78 is 10.9. The highest BCUT2D eigenvalue weighted by Gasteiger charge is 2.25. The van der Waals surface area contributed by atoms with Gasteiger partial charge in [-0.25, -0.2) is 0 Å². The van der Waals surface area contributed by atoms with Crippen molar-refractivity contribution in [1.29, 1.82) is 0 Å². The molecule has 0 aliphatic carbocycles. The van der Waals surface area contributed by atoms with Gasteiger partial charge in [-0.2, -0.15) is 0 Å². The van der Waals surface area contributed by atoms with Gasteiger partial charge in [0.15, 0.2) is 0 Å². The molecule has 2 heterocycles. The highest BCUT2D eigenvalue weighted by molar-refractivity contribution is 5.54. The first-order valence-corrected chi connectivity index (χ1v) is 6.97. The van der Waals surface area contributed by atoms with Gasteiger partial charge < -0.3 is 14.1 Å². The van der Waals surface area contributed by atoms with Crippen LogP contribution in [0.25, 0.3) is 11.5 Å². The predicted molar refractivity (Wildman–Crippen MR) is 75.9 cm³/mol. The van der Waals surface area contributed by atoms with E-state index in [0.717, 1.165) is 37.1 Å². The number of amides is 1. The molecule has 6 nitrogen and oxygen atoms in total. The number of nitrogens with zero attached hydrogens (tertiary/aromatic N) is 3. The lowest BCUT2D eigenvalue weighted by atomic mass is 9.99. The van der Waals surface area contributed by atoms with Crippen molar-refractivity contribution in [1.82, 2.24) is 15.1 Å². The first kappa shape index (κ1) is 13.6. The number of likely N-dealkylation sites (tertiary alicyclic amines) is 1. The normalized spacial score (nSPS) is 18.5. The fourth-order valence-electron chi connectivity index (χ4n) is 2.55. The minimum absolute atomic E-state index is 0.128. The maximum absolute atomic E-state index is 10.9. The highest BCUT2D eigenvalue weighted by atomic mass is 16.5. The fourth-order valence-corrected chi connectivity index (χ4v) is 2.55. The van der Waals surface area contributed by atoms with Gasteiger partial charge in [-0.05, 0) is 37.1 Å². The molecule has 2 aromatic rings. The third-order valence-electron chi connectivity index (χ3n) is 3.73. The average Bonchev–Trinajstić information content (AvgIpc) is 3.05. The van der Waals surface area contributed by atoms with Crippen LogP contribution in [0.5, 0.6) is 5.75 Å². The molecule has 3 rings (SSSR count). The first-order chi connectivity index (χ1) is 10.3. The summed E-state index contributed by atoms with van der Waals surface area (Å²) in [5, 5.41) is 8.24. The third kappa shape index (κ3) is 2.89. The molecule has 6 heteroatoms. The molecule has 0 N–H and O–H groups in total. The summed E-state index contributed by atoms with van der Waals surface area (Å²) in [5.41, 5.74) is 0.859. The molecule has 1 aliphatic heterocycles. The molecule has 1 aromatic heterocycles. The van der Waals surface area contributed by atoms with E-state index in [-0.39, 0.29) is 5.92 Å². The number of carbonyl (C=O) groups is 1. The molecule has 0 bridgehead atoms. The Labute approximate surface area is 122 Å². The lowest BCUT2D eigenvalue weighted by Gasteiger charge is -2.27. The molecule has 1 atom stereocenters. The van der Waals surface area contributed by atoms with E-state index >= 15 is 0 Å². The Morgan fingerprint density at radius 1 is 1.33 bits per heavy atom. The Bertz CT molecular complexity index is 609. The Balaban J connectivity index is 1.77. The van der Waals surface area contributed by atoms with Crippen molar-refractivity contribution in [2.75, 3.05) is 20.2 Å². The van der Waals surface area contributed by atoms with Crippen LogP contribution in [0.15, 0.2) is 28.7 Å². The van der Waals surface area contributed by atoms with Crippen LogP contribution in [0.1, 0.15) is 24.7 Å². The Morgan fingerprint density at radius 2 is 2.14 bits per heavy atom. The molecule has 1 saturated heterocycles. The number of methoxy groups -OCH3 is 1. The number of benzene rings is 1. The molecular formula is C15H17N3O3. The second-order valence-corrected chi connectivity index (χ2v) is 5.11. The number of aromatic nitrogens is 2. The van der Waals surface area contributed by atoms with Crippen molar-refractivity contribution in [2.24, 2.45) is 0 Å². The van der Waals surface area contributed by atoms with Crippen LogP contribution < -0.4 is 4.74 Å². The monoisotopic (exact) mass is 287 g/mol. The van der Waals surface area contributed by atoms with Gasteiger partial charge in [-0.1, -0.05) is 0 Å². The van der Waals surface area contributed by atoms with E-state index in [0.29, 0.717) is 18.3 Å². The largest absolute Gasteiger partial charge is 0.497 e. The molecule has 0 radical (unpaired) electrons. The van der Waals surface area contributed by atoms with E-state index in [1.165, 1.54) is 0 Å². The molecule has 1 amide bonds. The van der Waals surface area contributed by atoms with Crippen molar-refractivity contribution in [3.63, 3.8) is 0 Å². The Morgan fingerprint density at radius 3 is 2.86 bits per heavy atom. The van der Waals surface area contributed by atoms with Crippen LogP contribution in [0.4, 0.5) is 0 Å². The molecular weight excluding hydrogens is 270 g/mol. The predicted octanol–water partition coefficient (Wildman–Crippen LogP) is 2.08. The smallest absolute Gasteiger partial charge is 0.247 e. The Hall–Kier alpha value is -2.37. The van der Waals surface area contributed by atoms with Crippen molar-refractivity contribution in [3.8, 4) is 17.2 Å². The van der Waals surface area contributed by atoms with Crippen LogP contribution in [0.3, 0.4) is 0 Å². The third-order valence-corrected chi connectivity index (χ3v) is 3.73. The van der Waals surface area contributed by atoms with Gasteiger partial charge >= 0.3 is 0 Å². The maximum atomic E-state index is 10.9. The number of piperidine rings is 1. The molecule has 0 spiro atoms. The Kier molecular flexibility index (Phi) is 3.85. The number of carbonyl (C=O) groups excluding carboxylic acids is 1. The lowest BCUT2D eigenvalue weighted by molar-refractivity contribution is -0.119. The zero-order valence-electron chi connectivity index (χ0n) is 11.9. The molecule has 110 valence electrons. The summed E-state index contributed by atoms with van der Waals surface area (Å²) in [6.45, 7) is 1.45. The highest BCUT2D eigenvalue weighted by Crippen LogP contribution is 2.28. The van der Waals surface area contributed by atoms with Crippen LogP contribution in [-0.2, 0) is 4.79 Å². The van der Waals surface area contributed by atoms with Gasteiger partial charge in [0.1, 0.15) is 5.75 Å². The molecule has 1 aliphatic rings. The van der Waals surface area contributed by atoms with Crippen molar-refractivity contribution >= 4 is 6.41 Å². The van der Waals surface area contributed by atoms with Crippen molar-refractivity contribution in [2.45, 2.75) is 18.8 Å². The average molecular weight is 287 g/mol. The molecule has 1 fully saturated rings. The van der Waals surface area contributed by atoms with Crippen molar-refractivity contribution < 1.29 is 13.9 Å². The maximum Gasteiger partial charge on any atom is 0.247 e. The number of hydrogen-bond acceptors (Lipinski definition) is 5. The number of rotatable bonds is 4. The summed E-state index contributed by atoms with van der Waals surface area (Å²) in [6.07, 6.45) is 2.81. The topological polar surface area (TPSA) is 68.5 Å². The quantitative estimate of drug-likeness (QED) is 0.805. The van der Waals surface area contributed by atoms with Gasteiger partial charge in [0.2, 0.25) is 18.2 Å². The van der Waals surface area contributed by atoms with Crippen LogP contribution >= 0.6 is 0 Å². The van der Waals surface area contributed by atoms with Gasteiger partial charge in [-0.15, -0.1) is 10.2 Å².